The van der Waals surface area contributed by atoms with Crippen LogP contribution in [0, 0.1) is 0 Å². The smallest absolute Gasteiger partial charge is 0.263 e. The maximum Gasteiger partial charge on any atom is 0.263 e. The Morgan fingerprint density at radius 2 is 1.06 bits per heavy atom. The van der Waals surface area contributed by atoms with E-state index in [0.29, 0.717) is 74.3 Å². The summed E-state index contributed by atoms with van der Waals surface area (Å²) >= 11 is 5.91. The van der Waals surface area contributed by atoms with Crippen molar-refractivity contribution < 1.29 is 28.6 Å². The van der Waals surface area contributed by atoms with Gasteiger partial charge in [-0.2, -0.15) is 0 Å². The highest BCUT2D eigenvalue weighted by Gasteiger charge is 2.29. The third-order valence-electron chi connectivity index (χ3n) is 7.75. The molecule has 9 heteroatoms. The SMILES string of the molecule is CC/C=C\C/C=C\C/C=C\C/C=C\C/C=C\C/C=C\CCC(=O)NCCOCCOCCNC(=O)C(C)(C)Oc1ccc(C(=O)c2ccc(Cl)cc2)cc1. The fourth-order valence-electron chi connectivity index (χ4n) is 4.76. The zero-order chi connectivity index (χ0) is 39.1. The van der Waals surface area contributed by atoms with Crippen LogP contribution in [0.3, 0.4) is 0 Å². The second kappa shape index (κ2) is 28.9. The number of rotatable bonds is 28. The van der Waals surface area contributed by atoms with Crippen LogP contribution in [0.15, 0.2) is 121 Å². The Balaban J connectivity index is 1.42. The average molecular weight is 759 g/mol. The molecular weight excluding hydrogens is 700 g/mol. The molecular formula is C45H59ClN2O6. The molecule has 0 aromatic heterocycles. The van der Waals surface area contributed by atoms with E-state index in [0.717, 1.165) is 38.5 Å². The van der Waals surface area contributed by atoms with Crippen molar-refractivity contribution in [3.8, 4) is 5.75 Å². The fourth-order valence-corrected chi connectivity index (χ4v) is 4.89. The van der Waals surface area contributed by atoms with Gasteiger partial charge in [0.15, 0.2) is 11.4 Å². The minimum atomic E-state index is -1.14. The number of carbonyl (C=O) groups excluding carboxylic acids is 3. The third kappa shape index (κ3) is 21.9. The van der Waals surface area contributed by atoms with Gasteiger partial charge in [-0.15, -0.1) is 0 Å². The minimum absolute atomic E-state index is 0.00158. The topological polar surface area (TPSA) is 103 Å². The number of nitrogens with one attached hydrogen (secondary N) is 2. The number of allylic oxidation sites excluding steroid dienone is 12. The second-order valence-electron chi connectivity index (χ2n) is 12.8. The summed E-state index contributed by atoms with van der Waals surface area (Å²) in [5.74, 6) is 0.0478. The third-order valence-corrected chi connectivity index (χ3v) is 8.00. The Morgan fingerprint density at radius 1 is 0.611 bits per heavy atom. The number of carbonyl (C=O) groups is 3. The van der Waals surface area contributed by atoms with Gasteiger partial charge < -0.3 is 24.8 Å². The number of amides is 2. The second-order valence-corrected chi connectivity index (χ2v) is 13.2. The molecule has 292 valence electrons. The summed E-state index contributed by atoms with van der Waals surface area (Å²) in [6.07, 6.45) is 32.9. The van der Waals surface area contributed by atoms with Crippen LogP contribution in [0.5, 0.6) is 5.75 Å². The molecule has 0 bridgehead atoms. The zero-order valence-electron chi connectivity index (χ0n) is 32.3. The van der Waals surface area contributed by atoms with E-state index >= 15 is 0 Å². The summed E-state index contributed by atoms with van der Waals surface area (Å²) in [6, 6.07) is 13.4. The number of benzene rings is 2. The van der Waals surface area contributed by atoms with Crippen molar-refractivity contribution in [2.75, 3.05) is 39.5 Å². The molecule has 0 aliphatic carbocycles. The van der Waals surface area contributed by atoms with Crippen LogP contribution in [0.1, 0.15) is 88.1 Å². The van der Waals surface area contributed by atoms with Crippen LogP contribution in [-0.4, -0.2) is 62.7 Å². The van der Waals surface area contributed by atoms with Gasteiger partial charge in [-0.05, 0) is 107 Å². The minimum Gasteiger partial charge on any atom is -0.478 e. The summed E-state index contributed by atoms with van der Waals surface area (Å²) < 4.78 is 17.0. The van der Waals surface area contributed by atoms with Crippen LogP contribution >= 0.6 is 11.6 Å². The Morgan fingerprint density at radius 3 is 1.56 bits per heavy atom. The van der Waals surface area contributed by atoms with E-state index in [9.17, 15) is 14.4 Å². The molecule has 0 radical (unpaired) electrons. The summed E-state index contributed by atoms with van der Waals surface area (Å²) in [6.45, 7) is 7.71. The molecule has 2 aromatic rings. The highest BCUT2D eigenvalue weighted by Crippen LogP contribution is 2.21. The van der Waals surface area contributed by atoms with Crippen molar-refractivity contribution >= 4 is 29.2 Å². The molecule has 8 nitrogen and oxygen atoms in total. The molecule has 0 atom stereocenters. The van der Waals surface area contributed by atoms with Crippen LogP contribution in [0.25, 0.3) is 0 Å². The summed E-state index contributed by atoms with van der Waals surface area (Å²) in [4.78, 5) is 37.4. The molecule has 54 heavy (non-hydrogen) atoms. The van der Waals surface area contributed by atoms with E-state index in [2.05, 4.69) is 84.4 Å². The lowest BCUT2D eigenvalue weighted by molar-refractivity contribution is -0.134. The Labute approximate surface area is 328 Å². The van der Waals surface area contributed by atoms with Crippen LogP contribution < -0.4 is 15.4 Å². The fraction of sp³-hybridized carbons (Fsp3) is 0.400. The first kappa shape index (κ1) is 45.7. The van der Waals surface area contributed by atoms with Gasteiger partial charge in [0.05, 0.1) is 26.4 Å². The van der Waals surface area contributed by atoms with Crippen molar-refractivity contribution in [3.05, 3.63) is 138 Å². The van der Waals surface area contributed by atoms with Crippen molar-refractivity contribution in [2.45, 2.75) is 77.7 Å². The van der Waals surface area contributed by atoms with Gasteiger partial charge in [-0.3, -0.25) is 14.4 Å². The lowest BCUT2D eigenvalue weighted by Gasteiger charge is -2.25. The average Bonchev–Trinajstić information content (AvgIpc) is 3.16. The first-order chi connectivity index (χ1) is 26.2. The van der Waals surface area contributed by atoms with Crippen molar-refractivity contribution in [2.24, 2.45) is 0 Å². The van der Waals surface area contributed by atoms with Gasteiger partial charge in [0.1, 0.15) is 5.75 Å². The van der Waals surface area contributed by atoms with E-state index < -0.39 is 5.60 Å². The Kier molecular flexibility index (Phi) is 24.5. The van der Waals surface area contributed by atoms with E-state index in [1.54, 1.807) is 62.4 Å². The van der Waals surface area contributed by atoms with Gasteiger partial charge >= 0.3 is 0 Å². The quantitative estimate of drug-likeness (QED) is 0.0509. The van der Waals surface area contributed by atoms with Crippen molar-refractivity contribution in [1.82, 2.24) is 10.6 Å². The lowest BCUT2D eigenvalue weighted by atomic mass is 10.0. The van der Waals surface area contributed by atoms with Gasteiger partial charge in [0.2, 0.25) is 5.91 Å². The molecule has 0 spiro atoms. The predicted molar refractivity (Wildman–Crippen MR) is 221 cm³/mol. The molecule has 0 fully saturated rings. The van der Waals surface area contributed by atoms with Gasteiger partial charge in [-0.1, -0.05) is 91.4 Å². The lowest BCUT2D eigenvalue weighted by Crippen LogP contribution is -2.47. The first-order valence-corrected chi connectivity index (χ1v) is 19.3. The van der Waals surface area contributed by atoms with Crippen molar-refractivity contribution in [1.29, 1.82) is 0 Å². The molecule has 0 aliphatic heterocycles. The predicted octanol–water partition coefficient (Wildman–Crippen LogP) is 9.47. The molecule has 2 aromatic carbocycles. The van der Waals surface area contributed by atoms with E-state index in [4.69, 9.17) is 25.8 Å². The molecule has 0 aliphatic rings. The summed E-state index contributed by atoms with van der Waals surface area (Å²) in [5, 5.41) is 6.25. The zero-order valence-corrected chi connectivity index (χ0v) is 33.0. The van der Waals surface area contributed by atoms with E-state index in [1.807, 2.05) is 6.08 Å². The summed E-state index contributed by atoms with van der Waals surface area (Å²) in [5.41, 5.74) is -0.0952. The summed E-state index contributed by atoms with van der Waals surface area (Å²) in [7, 11) is 0. The molecule has 0 unspecified atom stereocenters. The maximum absolute atomic E-state index is 12.7. The molecule has 2 N–H and O–H groups in total. The molecule has 0 saturated carbocycles. The number of hydrogen-bond donors (Lipinski definition) is 2. The van der Waals surface area contributed by atoms with Gasteiger partial charge in [0, 0.05) is 35.7 Å². The molecule has 0 saturated heterocycles. The standard InChI is InChI=1S/C45H59ClN2O6/c1-4-5-6-7-8-9-10-11-12-13-14-15-16-17-18-19-20-21-22-23-42(49)47-32-34-52-36-37-53-35-33-48-44(51)45(2,3)54-41-30-26-39(27-31-41)43(50)38-24-28-40(46)29-25-38/h5-6,8-9,11-12,14-15,17-18,20-21,24-31H,4,7,10,13,16,19,22-23,32-37H2,1-3H3,(H,47,49)(H,48,51)/b6-5-,9-8-,12-11-,15-14-,18-17-,21-20-. The highest BCUT2D eigenvalue weighted by atomic mass is 35.5. The Bertz CT molecular complexity index is 1540. The molecule has 2 rings (SSSR count). The van der Waals surface area contributed by atoms with Crippen LogP contribution in [0.2, 0.25) is 5.02 Å². The maximum atomic E-state index is 12.7. The van der Waals surface area contributed by atoms with Crippen LogP contribution in [-0.2, 0) is 19.1 Å². The molecule has 0 heterocycles. The van der Waals surface area contributed by atoms with Crippen LogP contribution in [0.4, 0.5) is 0 Å². The van der Waals surface area contributed by atoms with Crippen molar-refractivity contribution in [3.63, 3.8) is 0 Å². The Hall–Kier alpha value is -4.50. The van der Waals surface area contributed by atoms with Gasteiger partial charge in [-0.25, -0.2) is 0 Å². The highest BCUT2D eigenvalue weighted by molar-refractivity contribution is 6.30. The first-order valence-electron chi connectivity index (χ1n) is 18.9. The van der Waals surface area contributed by atoms with E-state index in [-0.39, 0.29) is 17.6 Å². The number of hydrogen-bond acceptors (Lipinski definition) is 6. The number of ketones is 1. The monoisotopic (exact) mass is 758 g/mol. The number of halogens is 1. The molecule has 2 amide bonds. The number of ether oxygens (including phenoxy) is 3. The largest absolute Gasteiger partial charge is 0.478 e. The van der Waals surface area contributed by atoms with Gasteiger partial charge in [0.25, 0.3) is 5.91 Å². The normalized spacial score (nSPS) is 12.3. The van der Waals surface area contributed by atoms with E-state index in [1.165, 1.54) is 0 Å².